The highest BCUT2D eigenvalue weighted by molar-refractivity contribution is 6.07. The van der Waals surface area contributed by atoms with Gasteiger partial charge in [-0.1, -0.05) is 12.5 Å². The van der Waals surface area contributed by atoms with Crippen molar-refractivity contribution in [1.29, 1.82) is 0 Å². The summed E-state index contributed by atoms with van der Waals surface area (Å²) in [4.78, 5) is 12.4. The molecule has 19 heavy (non-hydrogen) atoms. The summed E-state index contributed by atoms with van der Waals surface area (Å²) in [5, 5.41) is 0. The molecule has 0 bridgehead atoms. The van der Waals surface area contributed by atoms with Crippen LogP contribution in [0.1, 0.15) is 47.9 Å². The molecule has 1 aromatic rings. The van der Waals surface area contributed by atoms with Gasteiger partial charge < -0.3 is 9.15 Å². The lowest BCUT2D eigenvalue weighted by Crippen LogP contribution is -2.21. The average molecular weight is 260 g/mol. The van der Waals surface area contributed by atoms with E-state index in [1.165, 1.54) is 0 Å². The molecule has 1 saturated carbocycles. The zero-order valence-corrected chi connectivity index (χ0v) is 11.9. The summed E-state index contributed by atoms with van der Waals surface area (Å²) in [6.45, 7) is 6.21. The van der Waals surface area contributed by atoms with E-state index in [2.05, 4.69) is 6.92 Å². The summed E-state index contributed by atoms with van der Waals surface area (Å²) >= 11 is 0. The first kappa shape index (κ1) is 12.7. The van der Waals surface area contributed by atoms with Crippen LogP contribution in [-0.2, 0) is 4.74 Å². The number of methoxy groups -OCH3 is 1. The second-order valence-electron chi connectivity index (χ2n) is 5.95. The van der Waals surface area contributed by atoms with Crippen LogP contribution in [0.5, 0.6) is 0 Å². The molecule has 3 heteroatoms. The van der Waals surface area contributed by atoms with Gasteiger partial charge in [-0.05, 0) is 37.8 Å². The highest BCUT2D eigenvalue weighted by atomic mass is 16.5. The maximum Gasteiger partial charge on any atom is 0.189 e. The van der Waals surface area contributed by atoms with Crippen LogP contribution in [-0.4, -0.2) is 19.0 Å². The SMILES string of the molecule is COC1CC(C)C2c3occ(C)c3C(=O)C=C(C)C12. The van der Waals surface area contributed by atoms with Crippen molar-refractivity contribution in [2.45, 2.75) is 39.2 Å². The molecule has 0 spiro atoms. The number of hydrogen-bond acceptors (Lipinski definition) is 3. The quantitative estimate of drug-likeness (QED) is 0.776. The molecule has 1 aromatic heterocycles. The molecule has 0 saturated heterocycles. The molecule has 3 rings (SSSR count). The van der Waals surface area contributed by atoms with Gasteiger partial charge in [0.15, 0.2) is 5.78 Å². The largest absolute Gasteiger partial charge is 0.468 e. The molecule has 0 aliphatic heterocycles. The van der Waals surface area contributed by atoms with Crippen LogP contribution >= 0.6 is 0 Å². The Labute approximate surface area is 113 Å². The van der Waals surface area contributed by atoms with Gasteiger partial charge in [-0.3, -0.25) is 4.79 Å². The smallest absolute Gasteiger partial charge is 0.189 e. The first-order chi connectivity index (χ1) is 9.04. The Bertz CT molecular complexity index is 552. The predicted octanol–water partition coefficient (Wildman–Crippen LogP) is 3.49. The average Bonchev–Trinajstić information content (AvgIpc) is 2.85. The molecule has 1 fully saturated rings. The number of rotatable bonds is 1. The van der Waals surface area contributed by atoms with Gasteiger partial charge in [0, 0.05) is 18.9 Å². The normalized spacial score (nSPS) is 33.7. The van der Waals surface area contributed by atoms with E-state index in [0.717, 1.165) is 28.9 Å². The van der Waals surface area contributed by atoms with Crippen LogP contribution in [0, 0.1) is 18.8 Å². The Morgan fingerprint density at radius 2 is 2.05 bits per heavy atom. The monoisotopic (exact) mass is 260 g/mol. The molecule has 2 aliphatic rings. The molecule has 2 aliphatic carbocycles. The molecular formula is C16H20O3. The predicted molar refractivity (Wildman–Crippen MR) is 72.3 cm³/mol. The Morgan fingerprint density at radius 1 is 1.32 bits per heavy atom. The summed E-state index contributed by atoms with van der Waals surface area (Å²) in [5.74, 6) is 1.93. The van der Waals surface area contributed by atoms with E-state index >= 15 is 0 Å². The van der Waals surface area contributed by atoms with Crippen LogP contribution < -0.4 is 0 Å². The van der Waals surface area contributed by atoms with E-state index < -0.39 is 0 Å². The van der Waals surface area contributed by atoms with E-state index in [1.807, 2.05) is 13.8 Å². The molecule has 0 aromatic carbocycles. The third-order valence-corrected chi connectivity index (χ3v) is 4.74. The van der Waals surface area contributed by atoms with Gasteiger partial charge in [0.2, 0.25) is 0 Å². The van der Waals surface area contributed by atoms with Crippen LogP contribution in [0.2, 0.25) is 0 Å². The van der Waals surface area contributed by atoms with Crippen molar-refractivity contribution < 1.29 is 13.9 Å². The minimum atomic E-state index is 0.0789. The van der Waals surface area contributed by atoms with Crippen molar-refractivity contribution in [3.05, 3.63) is 34.8 Å². The molecule has 0 amide bonds. The van der Waals surface area contributed by atoms with Crippen molar-refractivity contribution >= 4 is 5.78 Å². The van der Waals surface area contributed by atoms with Crippen LogP contribution in [0.4, 0.5) is 0 Å². The lowest BCUT2D eigenvalue weighted by molar-refractivity contribution is 0.0779. The number of ketones is 1. The standard InChI is InChI=1S/C16H20O3/c1-8-5-11(17)13-10(3)7-19-16(13)15-9(2)6-12(18-4)14(8)15/h5,7,9,12,14-15H,6H2,1-4H3. The number of ether oxygens (including phenoxy) is 1. The lowest BCUT2D eigenvalue weighted by Gasteiger charge is -2.23. The fraction of sp³-hybridized carbons (Fsp3) is 0.562. The third-order valence-electron chi connectivity index (χ3n) is 4.74. The number of furan rings is 1. The Morgan fingerprint density at radius 3 is 2.74 bits per heavy atom. The number of carbonyl (C=O) groups excluding carboxylic acids is 1. The van der Waals surface area contributed by atoms with Gasteiger partial charge in [-0.2, -0.15) is 0 Å². The van der Waals surface area contributed by atoms with Crippen LogP contribution in [0.15, 0.2) is 22.3 Å². The van der Waals surface area contributed by atoms with Crippen LogP contribution in [0.3, 0.4) is 0 Å². The van der Waals surface area contributed by atoms with E-state index in [1.54, 1.807) is 19.4 Å². The molecule has 0 radical (unpaired) electrons. The number of fused-ring (bicyclic) bond motifs is 3. The number of allylic oxidation sites excluding steroid dienone is 1. The zero-order valence-electron chi connectivity index (χ0n) is 11.9. The number of aryl methyl sites for hydroxylation is 1. The summed E-state index contributed by atoms with van der Waals surface area (Å²) in [7, 11) is 1.76. The van der Waals surface area contributed by atoms with Crippen molar-refractivity contribution in [1.82, 2.24) is 0 Å². The summed E-state index contributed by atoms with van der Waals surface area (Å²) in [6, 6.07) is 0. The van der Waals surface area contributed by atoms with Gasteiger partial charge in [-0.25, -0.2) is 0 Å². The highest BCUT2D eigenvalue weighted by Gasteiger charge is 2.47. The molecule has 4 atom stereocenters. The third kappa shape index (κ3) is 1.71. The van der Waals surface area contributed by atoms with Gasteiger partial charge in [0.1, 0.15) is 5.76 Å². The summed E-state index contributed by atoms with van der Waals surface area (Å²) in [5.41, 5.74) is 2.84. The van der Waals surface area contributed by atoms with Gasteiger partial charge in [-0.15, -0.1) is 0 Å². The molecule has 1 heterocycles. The van der Waals surface area contributed by atoms with E-state index in [0.29, 0.717) is 5.92 Å². The van der Waals surface area contributed by atoms with E-state index in [-0.39, 0.29) is 23.7 Å². The van der Waals surface area contributed by atoms with Gasteiger partial charge >= 0.3 is 0 Å². The Kier molecular flexibility index (Phi) is 2.90. The maximum absolute atomic E-state index is 12.4. The lowest BCUT2D eigenvalue weighted by atomic mass is 9.83. The Hall–Kier alpha value is -1.35. The van der Waals surface area contributed by atoms with Crippen molar-refractivity contribution in [2.75, 3.05) is 7.11 Å². The molecule has 0 N–H and O–H groups in total. The fourth-order valence-corrected chi connectivity index (χ4v) is 3.89. The molecular weight excluding hydrogens is 240 g/mol. The van der Waals surface area contributed by atoms with Crippen LogP contribution in [0.25, 0.3) is 0 Å². The minimum absolute atomic E-state index is 0.0789. The maximum atomic E-state index is 12.4. The first-order valence-electron chi connectivity index (χ1n) is 6.88. The summed E-state index contributed by atoms with van der Waals surface area (Å²) < 4.78 is 11.4. The summed E-state index contributed by atoms with van der Waals surface area (Å²) in [6.07, 6.45) is 4.68. The van der Waals surface area contributed by atoms with E-state index in [9.17, 15) is 4.79 Å². The highest BCUT2D eigenvalue weighted by Crippen LogP contribution is 2.51. The molecule has 4 unspecified atom stereocenters. The van der Waals surface area contributed by atoms with Gasteiger partial charge in [0.05, 0.1) is 17.9 Å². The molecule has 3 nitrogen and oxygen atoms in total. The van der Waals surface area contributed by atoms with Crippen molar-refractivity contribution in [3.63, 3.8) is 0 Å². The Balaban J connectivity index is 2.19. The van der Waals surface area contributed by atoms with Crippen molar-refractivity contribution in [2.24, 2.45) is 11.8 Å². The van der Waals surface area contributed by atoms with Crippen molar-refractivity contribution in [3.8, 4) is 0 Å². The second kappa shape index (κ2) is 4.34. The second-order valence-corrected chi connectivity index (χ2v) is 5.95. The zero-order chi connectivity index (χ0) is 13.7. The first-order valence-corrected chi connectivity index (χ1v) is 6.88. The molecule has 102 valence electrons. The number of hydrogen-bond donors (Lipinski definition) is 0. The number of carbonyl (C=O) groups is 1. The minimum Gasteiger partial charge on any atom is -0.468 e. The topological polar surface area (TPSA) is 39.4 Å². The fourth-order valence-electron chi connectivity index (χ4n) is 3.89. The van der Waals surface area contributed by atoms with Gasteiger partial charge in [0.25, 0.3) is 0 Å². The van der Waals surface area contributed by atoms with E-state index in [4.69, 9.17) is 9.15 Å².